The van der Waals surface area contributed by atoms with E-state index in [1.165, 1.54) is 0 Å². The van der Waals surface area contributed by atoms with Gasteiger partial charge in [0.05, 0.1) is 5.69 Å². The maximum absolute atomic E-state index is 10.7. The van der Waals surface area contributed by atoms with Gasteiger partial charge >= 0.3 is 0 Å². The van der Waals surface area contributed by atoms with Crippen molar-refractivity contribution >= 4 is 17.8 Å². The minimum Gasteiger partial charge on any atom is -0.385 e. The van der Waals surface area contributed by atoms with E-state index in [0.29, 0.717) is 5.56 Å². The van der Waals surface area contributed by atoms with Crippen LogP contribution in [-0.2, 0) is 0 Å². The number of hydrogen-bond donors (Lipinski definition) is 2. The number of carbonyl (C=O) groups is 1. The summed E-state index contributed by atoms with van der Waals surface area (Å²) in [5.74, 6) is 0.926. The number of pyridine rings is 1. The number of aromatic nitrogens is 1. The summed E-state index contributed by atoms with van der Waals surface area (Å²) < 4.78 is 0. The molecule has 86 valence electrons. The van der Waals surface area contributed by atoms with Crippen LogP contribution >= 0.6 is 0 Å². The summed E-state index contributed by atoms with van der Waals surface area (Å²) in [4.78, 5) is 17.2. The van der Waals surface area contributed by atoms with Gasteiger partial charge in [-0.1, -0.05) is 0 Å². The van der Waals surface area contributed by atoms with Gasteiger partial charge in [-0.3, -0.25) is 4.79 Å². The molecule has 0 radical (unpaired) electrons. The lowest BCUT2D eigenvalue weighted by Gasteiger charge is -2.29. The molecule has 0 saturated carbocycles. The van der Waals surface area contributed by atoms with Crippen LogP contribution in [0.5, 0.6) is 0 Å². The van der Waals surface area contributed by atoms with Crippen molar-refractivity contribution in [3.8, 4) is 0 Å². The second-order valence-electron chi connectivity index (χ2n) is 3.74. The summed E-state index contributed by atoms with van der Waals surface area (Å²) in [5.41, 5.74) is 1.51. The van der Waals surface area contributed by atoms with Crippen LogP contribution in [0, 0.1) is 0 Å². The van der Waals surface area contributed by atoms with Gasteiger partial charge in [0.2, 0.25) is 0 Å². The molecular formula is C11H16N4O. The standard InChI is InChI=1S/C11H16N4O/c1-12-10-6-9(8-16)7-14-11(10)15-4-2-13-3-5-15/h6-8,12-13H,2-5H2,1H3. The van der Waals surface area contributed by atoms with E-state index in [2.05, 4.69) is 20.5 Å². The van der Waals surface area contributed by atoms with Crippen LogP contribution in [0.1, 0.15) is 10.4 Å². The molecule has 2 N–H and O–H groups in total. The van der Waals surface area contributed by atoms with Crippen molar-refractivity contribution in [2.45, 2.75) is 0 Å². The van der Waals surface area contributed by atoms with Gasteiger partial charge in [-0.2, -0.15) is 0 Å². The number of aldehydes is 1. The first-order valence-electron chi connectivity index (χ1n) is 5.44. The van der Waals surface area contributed by atoms with Gasteiger partial charge in [0.15, 0.2) is 12.1 Å². The van der Waals surface area contributed by atoms with Crippen molar-refractivity contribution in [2.24, 2.45) is 0 Å². The van der Waals surface area contributed by atoms with E-state index in [1.807, 2.05) is 13.1 Å². The number of nitrogens with zero attached hydrogens (tertiary/aromatic N) is 2. The van der Waals surface area contributed by atoms with Crippen LogP contribution in [-0.4, -0.2) is 44.5 Å². The number of carbonyl (C=O) groups excluding carboxylic acids is 1. The predicted octanol–water partition coefficient (Wildman–Crippen LogP) is 0.345. The average molecular weight is 220 g/mol. The van der Waals surface area contributed by atoms with E-state index in [0.717, 1.165) is 44.0 Å². The number of anilines is 2. The first-order valence-corrected chi connectivity index (χ1v) is 5.44. The molecule has 1 aliphatic rings. The van der Waals surface area contributed by atoms with Gasteiger partial charge in [0.25, 0.3) is 0 Å². The van der Waals surface area contributed by atoms with Gasteiger partial charge < -0.3 is 15.5 Å². The Bertz CT molecular complexity index is 374. The summed E-state index contributed by atoms with van der Waals surface area (Å²) in [5, 5.41) is 6.38. The highest BCUT2D eigenvalue weighted by Crippen LogP contribution is 2.23. The maximum atomic E-state index is 10.7. The van der Waals surface area contributed by atoms with Crippen LogP contribution < -0.4 is 15.5 Å². The quantitative estimate of drug-likeness (QED) is 0.720. The van der Waals surface area contributed by atoms with Gasteiger partial charge in [0.1, 0.15) is 0 Å². The van der Waals surface area contributed by atoms with E-state index in [9.17, 15) is 4.79 Å². The molecule has 0 unspecified atom stereocenters. The summed E-state index contributed by atoms with van der Waals surface area (Å²) in [6.07, 6.45) is 2.43. The third-order valence-electron chi connectivity index (χ3n) is 2.71. The zero-order valence-corrected chi connectivity index (χ0v) is 9.36. The van der Waals surface area contributed by atoms with E-state index in [1.54, 1.807) is 6.20 Å². The van der Waals surface area contributed by atoms with Crippen LogP contribution in [0.15, 0.2) is 12.3 Å². The highest BCUT2D eigenvalue weighted by molar-refractivity contribution is 5.79. The second-order valence-corrected chi connectivity index (χ2v) is 3.74. The zero-order chi connectivity index (χ0) is 11.4. The maximum Gasteiger partial charge on any atom is 0.152 e. The number of nitrogens with one attached hydrogen (secondary N) is 2. The molecule has 2 rings (SSSR count). The van der Waals surface area contributed by atoms with Crippen molar-refractivity contribution in [2.75, 3.05) is 43.4 Å². The van der Waals surface area contributed by atoms with Gasteiger partial charge in [0, 0.05) is 45.0 Å². The summed E-state index contributed by atoms with van der Waals surface area (Å²) in [6.45, 7) is 3.84. The van der Waals surface area contributed by atoms with Gasteiger partial charge in [-0.05, 0) is 6.07 Å². The number of hydrogen-bond acceptors (Lipinski definition) is 5. The molecule has 5 heteroatoms. The van der Waals surface area contributed by atoms with Crippen LogP contribution in [0.2, 0.25) is 0 Å². The van der Waals surface area contributed by atoms with E-state index in [-0.39, 0.29) is 0 Å². The minimum atomic E-state index is 0.600. The zero-order valence-electron chi connectivity index (χ0n) is 9.36. The van der Waals surface area contributed by atoms with Crippen molar-refractivity contribution in [3.05, 3.63) is 17.8 Å². The Labute approximate surface area is 94.9 Å². The SMILES string of the molecule is CNc1cc(C=O)cnc1N1CCNCC1. The normalized spacial score (nSPS) is 15.9. The summed E-state index contributed by atoms with van der Waals surface area (Å²) >= 11 is 0. The molecule has 1 saturated heterocycles. The van der Waals surface area contributed by atoms with Crippen LogP contribution in [0.3, 0.4) is 0 Å². The minimum absolute atomic E-state index is 0.600. The third-order valence-corrected chi connectivity index (χ3v) is 2.71. The fourth-order valence-electron chi connectivity index (χ4n) is 1.85. The largest absolute Gasteiger partial charge is 0.385 e. The monoisotopic (exact) mass is 220 g/mol. The fraction of sp³-hybridized carbons (Fsp3) is 0.455. The molecule has 0 atom stereocenters. The fourth-order valence-corrected chi connectivity index (χ4v) is 1.85. The molecule has 1 aromatic heterocycles. The Balaban J connectivity index is 2.27. The highest BCUT2D eigenvalue weighted by atomic mass is 16.1. The van der Waals surface area contributed by atoms with Crippen molar-refractivity contribution in [1.82, 2.24) is 10.3 Å². The lowest BCUT2D eigenvalue weighted by Crippen LogP contribution is -2.44. The highest BCUT2D eigenvalue weighted by Gasteiger charge is 2.15. The predicted molar refractivity (Wildman–Crippen MR) is 64.3 cm³/mol. The second kappa shape index (κ2) is 4.94. The molecule has 1 aliphatic heterocycles. The topological polar surface area (TPSA) is 57.3 Å². The average Bonchev–Trinajstić information content (AvgIpc) is 2.39. The molecular weight excluding hydrogens is 204 g/mol. The summed E-state index contributed by atoms with van der Waals surface area (Å²) in [7, 11) is 1.84. The van der Waals surface area contributed by atoms with Gasteiger partial charge in [-0.15, -0.1) is 0 Å². The van der Waals surface area contributed by atoms with Crippen LogP contribution in [0.25, 0.3) is 0 Å². The van der Waals surface area contributed by atoms with E-state index >= 15 is 0 Å². The Morgan fingerprint density at radius 1 is 1.50 bits per heavy atom. The third kappa shape index (κ3) is 2.14. The Morgan fingerprint density at radius 3 is 2.88 bits per heavy atom. The Morgan fingerprint density at radius 2 is 2.25 bits per heavy atom. The van der Waals surface area contributed by atoms with Crippen LogP contribution in [0.4, 0.5) is 11.5 Å². The van der Waals surface area contributed by atoms with Crippen molar-refractivity contribution in [1.29, 1.82) is 0 Å². The molecule has 5 nitrogen and oxygen atoms in total. The van der Waals surface area contributed by atoms with Gasteiger partial charge in [-0.25, -0.2) is 4.98 Å². The first kappa shape index (κ1) is 10.9. The molecule has 16 heavy (non-hydrogen) atoms. The van der Waals surface area contributed by atoms with E-state index < -0.39 is 0 Å². The Kier molecular flexibility index (Phi) is 3.36. The van der Waals surface area contributed by atoms with Crippen molar-refractivity contribution in [3.63, 3.8) is 0 Å². The number of rotatable bonds is 3. The molecule has 0 aliphatic carbocycles. The molecule has 0 aromatic carbocycles. The van der Waals surface area contributed by atoms with Crippen molar-refractivity contribution < 1.29 is 4.79 Å². The Hall–Kier alpha value is -1.62. The molecule has 0 amide bonds. The van der Waals surface area contributed by atoms with E-state index in [4.69, 9.17) is 0 Å². The number of piperazine rings is 1. The summed E-state index contributed by atoms with van der Waals surface area (Å²) in [6, 6.07) is 1.83. The first-order chi connectivity index (χ1) is 7.85. The molecule has 2 heterocycles. The lowest BCUT2D eigenvalue weighted by atomic mass is 10.2. The molecule has 1 aromatic rings. The molecule has 0 bridgehead atoms. The molecule has 0 spiro atoms. The smallest absolute Gasteiger partial charge is 0.152 e. The lowest BCUT2D eigenvalue weighted by molar-refractivity contribution is 0.112. The molecule has 1 fully saturated rings.